The van der Waals surface area contributed by atoms with Gasteiger partial charge in [0, 0.05) is 11.5 Å². The van der Waals surface area contributed by atoms with Crippen LogP contribution in [0.5, 0.6) is 11.5 Å². The van der Waals surface area contributed by atoms with Crippen molar-refractivity contribution in [2.24, 2.45) is 28.3 Å². The number of rotatable bonds is 5. The number of nitrogens with two attached hydrogens (primary N) is 2. The zero-order valence-corrected chi connectivity index (χ0v) is 24.2. The number of aliphatic imine (C=N–C) groups is 1. The summed E-state index contributed by atoms with van der Waals surface area (Å²) in [4.78, 5) is 4.29. The van der Waals surface area contributed by atoms with Gasteiger partial charge in [0.25, 0.3) is 10.1 Å². The molecule has 3 aromatic rings. The Kier molecular flexibility index (Phi) is 8.58. The number of hydrogen-bond acceptors (Lipinski definition) is 6. The maximum atomic E-state index is 13.0. The molecule has 10 heteroatoms. The Morgan fingerprint density at radius 3 is 2.45 bits per heavy atom. The molecule has 4 aliphatic rings. The van der Waals surface area contributed by atoms with Gasteiger partial charge in [-0.15, -0.1) is 0 Å². The average molecular weight is 592 g/mol. The molecular formula is C32H37N3O6S. The number of aryl methyl sites for hydroxylation is 1. The van der Waals surface area contributed by atoms with E-state index in [0.717, 1.165) is 29.5 Å². The normalized spacial score (nSPS) is 24.9. The van der Waals surface area contributed by atoms with Crippen molar-refractivity contribution in [3.63, 3.8) is 0 Å². The predicted octanol–water partition coefficient (Wildman–Crippen LogP) is 4.52. The summed E-state index contributed by atoms with van der Waals surface area (Å²) in [6, 6.07) is 19.3. The monoisotopic (exact) mass is 591 g/mol. The van der Waals surface area contributed by atoms with Gasteiger partial charge in [-0.2, -0.15) is 8.42 Å². The quantitative estimate of drug-likeness (QED) is 0.125. The Labute approximate surface area is 246 Å². The third-order valence-electron chi connectivity index (χ3n) is 8.44. The van der Waals surface area contributed by atoms with Crippen LogP contribution < -0.4 is 16.2 Å². The van der Waals surface area contributed by atoms with Crippen LogP contribution in [0.2, 0.25) is 0 Å². The third kappa shape index (κ3) is 6.78. The Hall–Kier alpha value is -3.86. The molecule has 6 unspecified atom stereocenters. The van der Waals surface area contributed by atoms with Crippen molar-refractivity contribution in [2.45, 2.75) is 56.1 Å². The fourth-order valence-corrected chi connectivity index (χ4v) is 7.21. The maximum Gasteiger partial charge on any atom is 0.268 e. The molecule has 0 radical (unpaired) electrons. The van der Waals surface area contributed by atoms with E-state index >= 15 is 0 Å². The van der Waals surface area contributed by atoms with E-state index in [2.05, 4.69) is 11.9 Å². The fourth-order valence-electron chi connectivity index (χ4n) is 6.13. The molecule has 3 aromatic carbocycles. The molecule has 7 rings (SSSR count). The Balaban J connectivity index is 1.61. The van der Waals surface area contributed by atoms with Crippen molar-refractivity contribution in [3.05, 3.63) is 107 Å². The zero-order valence-electron chi connectivity index (χ0n) is 23.4. The van der Waals surface area contributed by atoms with Crippen LogP contribution >= 0.6 is 0 Å². The van der Waals surface area contributed by atoms with Crippen LogP contribution in [-0.2, 0) is 23.0 Å². The lowest BCUT2D eigenvalue weighted by atomic mass is 9.72. The molecule has 9 nitrogen and oxygen atoms in total. The van der Waals surface area contributed by atoms with Crippen LogP contribution in [0, 0.1) is 11.8 Å². The van der Waals surface area contributed by atoms with Gasteiger partial charge in [0.1, 0.15) is 11.5 Å². The number of aromatic hydroxyl groups is 1. The van der Waals surface area contributed by atoms with Crippen LogP contribution in [0.3, 0.4) is 0 Å². The largest absolute Gasteiger partial charge is 0.508 e. The lowest BCUT2D eigenvalue weighted by molar-refractivity contribution is 0.215. The van der Waals surface area contributed by atoms with Gasteiger partial charge in [0.15, 0.2) is 5.96 Å². The zero-order chi connectivity index (χ0) is 30.0. The minimum absolute atomic E-state index is 0.0770. The first kappa shape index (κ1) is 29.6. The van der Waals surface area contributed by atoms with E-state index in [-0.39, 0.29) is 30.0 Å². The van der Waals surface area contributed by atoms with Crippen molar-refractivity contribution in [1.82, 2.24) is 0 Å². The average Bonchev–Trinajstić information content (AvgIpc) is 2.95. The van der Waals surface area contributed by atoms with Crippen molar-refractivity contribution in [3.8, 4) is 11.5 Å². The summed E-state index contributed by atoms with van der Waals surface area (Å²) in [5.74, 6) is -0.0104. The number of fused-ring (bicyclic) bond motifs is 2. The van der Waals surface area contributed by atoms with Gasteiger partial charge < -0.3 is 26.4 Å². The number of hydrogen-bond donors (Lipinski definition) is 5. The molecule has 6 bridgehead atoms. The fraction of sp³-hybridized carbons (Fsp3) is 0.344. The van der Waals surface area contributed by atoms with Crippen LogP contribution in [0.25, 0.3) is 0 Å². The predicted molar refractivity (Wildman–Crippen MR) is 162 cm³/mol. The second kappa shape index (κ2) is 12.2. The summed E-state index contributed by atoms with van der Waals surface area (Å²) in [6.07, 6.45) is 3.61. The van der Waals surface area contributed by atoms with E-state index in [1.165, 1.54) is 12.1 Å². The highest BCUT2D eigenvalue weighted by Gasteiger charge is 2.37. The van der Waals surface area contributed by atoms with Gasteiger partial charge in [0.05, 0.1) is 11.4 Å². The van der Waals surface area contributed by atoms with Crippen LogP contribution in [-0.4, -0.2) is 34.4 Å². The number of aliphatic hydroxyl groups excluding tert-OH is 1. The number of nitrogens with zero attached hydrogens (tertiary/aromatic N) is 1. The Morgan fingerprint density at radius 1 is 1.07 bits per heavy atom. The van der Waals surface area contributed by atoms with E-state index in [1.54, 1.807) is 24.3 Å². The first-order valence-corrected chi connectivity index (χ1v) is 15.6. The summed E-state index contributed by atoms with van der Waals surface area (Å²) in [5.41, 5.74) is 15.6. The summed E-state index contributed by atoms with van der Waals surface area (Å²) in [5, 5.41) is 19.3. The SMILES string of the molecule is CC1CCc2cc3ccc2C1CC(S(=O)(=O)O)C(C=CC(O)c1ccc(O)cc1)Cc1ccc(cc1)C(N=C(N)N)O3. The molecule has 42 heavy (non-hydrogen) atoms. The molecule has 3 heterocycles. The Morgan fingerprint density at radius 2 is 1.79 bits per heavy atom. The standard InChI is InChI=1S/C32H37N3O6S/c1-19-2-5-23-17-26-13-14-27(23)28(19)18-30(42(38,39)40)24(10-15-29(37)21-8-11-25(36)12-9-21)16-20-3-6-22(7-4-20)31(41-26)35-32(33)34/h3-4,6-15,17,19,24,28-31,36-37H,2,5,16,18H2,1H3,(H4,33,34,35)(H,38,39,40). The minimum atomic E-state index is -4.49. The van der Waals surface area contributed by atoms with E-state index in [0.29, 0.717) is 23.3 Å². The molecule has 0 amide bonds. The maximum absolute atomic E-state index is 13.0. The summed E-state index contributed by atoms with van der Waals surface area (Å²) in [7, 11) is -4.49. The van der Waals surface area contributed by atoms with Crippen LogP contribution in [0.1, 0.15) is 65.8 Å². The number of ether oxygens (including phenoxy) is 1. The van der Waals surface area contributed by atoms with Gasteiger partial charge in [-0.25, -0.2) is 4.99 Å². The summed E-state index contributed by atoms with van der Waals surface area (Å²) >= 11 is 0. The van der Waals surface area contributed by atoms with E-state index < -0.39 is 33.6 Å². The van der Waals surface area contributed by atoms with E-state index in [4.69, 9.17) is 16.2 Å². The van der Waals surface area contributed by atoms with Gasteiger partial charge >= 0.3 is 0 Å². The molecule has 0 saturated heterocycles. The van der Waals surface area contributed by atoms with Crippen molar-refractivity contribution >= 4 is 16.1 Å². The summed E-state index contributed by atoms with van der Waals surface area (Å²) in [6.45, 7) is 2.11. The molecule has 6 atom stereocenters. The highest BCUT2D eigenvalue weighted by Crippen LogP contribution is 2.43. The van der Waals surface area contributed by atoms with Crippen LogP contribution in [0.15, 0.2) is 83.9 Å². The lowest BCUT2D eigenvalue weighted by Crippen LogP contribution is -2.34. The lowest BCUT2D eigenvalue weighted by Gasteiger charge is -2.35. The van der Waals surface area contributed by atoms with Gasteiger partial charge in [-0.05, 0) is 84.0 Å². The van der Waals surface area contributed by atoms with E-state index in [1.807, 2.05) is 42.5 Å². The summed E-state index contributed by atoms with van der Waals surface area (Å²) < 4.78 is 42.9. The molecule has 0 aromatic heterocycles. The first-order valence-electron chi connectivity index (χ1n) is 14.1. The molecule has 3 aliphatic heterocycles. The van der Waals surface area contributed by atoms with Gasteiger partial charge in [-0.3, -0.25) is 4.55 Å². The van der Waals surface area contributed by atoms with Crippen LogP contribution in [0.4, 0.5) is 0 Å². The van der Waals surface area contributed by atoms with E-state index in [9.17, 15) is 23.2 Å². The number of allylic oxidation sites excluding steroid dienone is 1. The smallest absolute Gasteiger partial charge is 0.268 e. The number of phenolic OH excluding ortho intramolecular Hbond substituents is 1. The number of phenols is 1. The highest BCUT2D eigenvalue weighted by atomic mass is 32.2. The topological polar surface area (TPSA) is 168 Å². The highest BCUT2D eigenvalue weighted by molar-refractivity contribution is 7.86. The van der Waals surface area contributed by atoms with Crippen molar-refractivity contribution < 1.29 is 27.9 Å². The number of aliphatic hydroxyl groups is 1. The second-order valence-electron chi connectivity index (χ2n) is 11.3. The molecule has 7 N–H and O–H groups in total. The molecule has 0 spiro atoms. The third-order valence-corrected chi connectivity index (χ3v) is 9.75. The first-order chi connectivity index (χ1) is 20.0. The minimum Gasteiger partial charge on any atom is -0.508 e. The van der Waals surface area contributed by atoms with Gasteiger partial charge in [0.2, 0.25) is 6.23 Å². The molecule has 0 saturated carbocycles. The number of benzene rings is 3. The second-order valence-corrected chi connectivity index (χ2v) is 13.0. The molecule has 1 aliphatic carbocycles. The molecule has 222 valence electrons. The van der Waals surface area contributed by atoms with Gasteiger partial charge in [-0.1, -0.05) is 61.5 Å². The van der Waals surface area contributed by atoms with Crippen molar-refractivity contribution in [2.75, 3.05) is 0 Å². The number of guanidine groups is 1. The van der Waals surface area contributed by atoms with Crippen molar-refractivity contribution in [1.29, 1.82) is 0 Å². The molecule has 0 fully saturated rings. The Bertz CT molecular complexity index is 1570. The molecular weight excluding hydrogens is 554 g/mol.